The number of rotatable bonds is 4. The molecule has 1 aliphatic rings. The van der Waals surface area contributed by atoms with Gasteiger partial charge in [-0.3, -0.25) is 0 Å². The van der Waals surface area contributed by atoms with Gasteiger partial charge in [0.1, 0.15) is 23.2 Å². The van der Waals surface area contributed by atoms with E-state index in [0.29, 0.717) is 28.5 Å². The van der Waals surface area contributed by atoms with Gasteiger partial charge in [0.2, 0.25) is 5.88 Å². The summed E-state index contributed by atoms with van der Waals surface area (Å²) in [6.45, 7) is 8.72. The summed E-state index contributed by atoms with van der Waals surface area (Å²) in [5.41, 5.74) is 2.90. The molecule has 4 aromatic rings. The molecule has 0 bridgehead atoms. The van der Waals surface area contributed by atoms with Crippen molar-refractivity contribution in [3.05, 3.63) is 48.9 Å². The number of imidazole rings is 1. The minimum absolute atomic E-state index is 0. The van der Waals surface area contributed by atoms with Crippen molar-refractivity contribution >= 4 is 30.5 Å². The van der Waals surface area contributed by atoms with E-state index in [1.165, 1.54) is 0 Å². The Morgan fingerprint density at radius 1 is 0.971 bits per heavy atom. The van der Waals surface area contributed by atoms with Gasteiger partial charge >= 0.3 is 0 Å². The highest BCUT2D eigenvalue weighted by molar-refractivity contribution is 5.85. The molecule has 0 saturated carbocycles. The molecule has 0 aromatic carbocycles. The van der Waals surface area contributed by atoms with E-state index in [4.69, 9.17) is 4.74 Å². The van der Waals surface area contributed by atoms with Gasteiger partial charge in [0.05, 0.1) is 5.69 Å². The van der Waals surface area contributed by atoms with E-state index < -0.39 is 0 Å². The molecule has 0 radical (unpaired) electrons. The second-order valence-corrected chi connectivity index (χ2v) is 9.84. The Morgan fingerprint density at radius 2 is 1.69 bits per heavy atom. The summed E-state index contributed by atoms with van der Waals surface area (Å²) in [6.07, 6.45) is 6.91. The number of nitrogens with one attached hydrogen (secondary N) is 1. The smallest absolute Gasteiger partial charge is 0.233 e. The first-order valence-corrected chi connectivity index (χ1v) is 11.0. The first-order chi connectivity index (χ1) is 15.7. The lowest BCUT2D eigenvalue weighted by Gasteiger charge is -2.46. The molecule has 35 heavy (non-hydrogen) atoms. The van der Waals surface area contributed by atoms with Gasteiger partial charge in [-0.1, -0.05) is 0 Å². The third kappa shape index (κ3) is 5.80. The second kappa shape index (κ2) is 9.93. The molecular weight excluding hydrogens is 489 g/mol. The zero-order valence-electron chi connectivity index (χ0n) is 20.0. The minimum Gasteiger partial charge on any atom is -0.506 e. The van der Waals surface area contributed by atoms with Crippen molar-refractivity contribution in [3.8, 4) is 34.3 Å². The number of hydrogen-bond acceptors (Lipinski definition) is 8. The third-order valence-corrected chi connectivity index (χ3v) is 5.74. The second-order valence-electron chi connectivity index (χ2n) is 9.84. The molecule has 186 valence electrons. The number of ether oxygens (including phenoxy) is 1. The monoisotopic (exact) mass is 517 g/mol. The Kier molecular flexibility index (Phi) is 7.54. The van der Waals surface area contributed by atoms with Gasteiger partial charge in [0, 0.05) is 54.1 Å². The number of aromatic hydroxyl groups is 1. The van der Waals surface area contributed by atoms with Crippen molar-refractivity contribution in [2.24, 2.45) is 0 Å². The lowest BCUT2D eigenvalue weighted by atomic mass is 9.81. The Hall–Kier alpha value is -3.01. The summed E-state index contributed by atoms with van der Waals surface area (Å²) < 4.78 is 7.82. The predicted octanol–water partition coefficient (Wildman–Crippen LogP) is 4.49. The van der Waals surface area contributed by atoms with Gasteiger partial charge in [-0.25, -0.2) is 14.5 Å². The van der Waals surface area contributed by atoms with Crippen LogP contribution >= 0.6 is 24.8 Å². The van der Waals surface area contributed by atoms with E-state index in [2.05, 4.69) is 58.3 Å². The Morgan fingerprint density at radius 3 is 2.34 bits per heavy atom. The van der Waals surface area contributed by atoms with Crippen LogP contribution in [0.2, 0.25) is 0 Å². The van der Waals surface area contributed by atoms with Crippen LogP contribution in [-0.2, 0) is 0 Å². The Bertz CT molecular complexity index is 1290. The van der Waals surface area contributed by atoms with E-state index in [1.807, 2.05) is 12.1 Å². The van der Waals surface area contributed by atoms with Crippen molar-refractivity contribution < 1.29 is 9.84 Å². The molecule has 0 spiro atoms. The maximum atomic E-state index is 10.6. The molecule has 11 heteroatoms. The summed E-state index contributed by atoms with van der Waals surface area (Å²) in [7, 11) is 0. The SMILES string of the molecule is CC1(C)CC(Oc2ccc(-c3ncc(-c4ccc5nccn5n4)cc3O)nn2)CC(C)(C)N1.Cl.Cl. The van der Waals surface area contributed by atoms with E-state index >= 15 is 0 Å². The largest absolute Gasteiger partial charge is 0.506 e. The predicted molar refractivity (Wildman–Crippen MR) is 138 cm³/mol. The van der Waals surface area contributed by atoms with Crippen LogP contribution < -0.4 is 10.1 Å². The van der Waals surface area contributed by atoms with E-state index in [9.17, 15) is 5.11 Å². The minimum atomic E-state index is -0.0194. The van der Waals surface area contributed by atoms with Gasteiger partial charge in [-0.15, -0.1) is 35.0 Å². The van der Waals surface area contributed by atoms with E-state index in [-0.39, 0.29) is 47.7 Å². The highest BCUT2D eigenvalue weighted by Gasteiger charge is 2.38. The molecule has 4 aromatic heterocycles. The van der Waals surface area contributed by atoms with Crippen LogP contribution in [-0.4, -0.2) is 52.1 Å². The topological polar surface area (TPSA) is 110 Å². The van der Waals surface area contributed by atoms with E-state index in [1.54, 1.807) is 41.3 Å². The molecule has 0 atom stereocenters. The van der Waals surface area contributed by atoms with Gasteiger partial charge in [0.25, 0.3) is 0 Å². The molecule has 1 aliphatic heterocycles. The van der Waals surface area contributed by atoms with E-state index in [0.717, 1.165) is 18.5 Å². The summed E-state index contributed by atoms with van der Waals surface area (Å²) >= 11 is 0. The van der Waals surface area contributed by atoms with Crippen LogP contribution in [0.5, 0.6) is 11.6 Å². The van der Waals surface area contributed by atoms with Crippen LogP contribution in [0.3, 0.4) is 0 Å². The molecular formula is C24H29Cl2N7O2. The Balaban J connectivity index is 0.00000171. The van der Waals surface area contributed by atoms with Crippen molar-refractivity contribution in [1.29, 1.82) is 0 Å². The fraction of sp³-hybridized carbons (Fsp3) is 0.375. The van der Waals surface area contributed by atoms with Crippen molar-refractivity contribution in [3.63, 3.8) is 0 Å². The lowest BCUT2D eigenvalue weighted by Crippen LogP contribution is -2.60. The first-order valence-electron chi connectivity index (χ1n) is 11.0. The number of hydrogen-bond donors (Lipinski definition) is 2. The molecule has 5 heterocycles. The lowest BCUT2D eigenvalue weighted by molar-refractivity contribution is 0.0524. The van der Waals surface area contributed by atoms with Gasteiger partial charge in [0.15, 0.2) is 5.65 Å². The molecule has 0 unspecified atom stereocenters. The highest BCUT2D eigenvalue weighted by Crippen LogP contribution is 2.32. The number of fused-ring (bicyclic) bond motifs is 1. The zero-order valence-corrected chi connectivity index (χ0v) is 21.6. The zero-order chi connectivity index (χ0) is 23.2. The molecule has 0 aliphatic carbocycles. The highest BCUT2D eigenvalue weighted by atomic mass is 35.5. The van der Waals surface area contributed by atoms with Crippen molar-refractivity contribution in [2.75, 3.05) is 0 Å². The quantitative estimate of drug-likeness (QED) is 0.407. The summed E-state index contributed by atoms with van der Waals surface area (Å²) in [4.78, 5) is 8.60. The standard InChI is InChI=1S/C24H27N7O2.2ClH/c1-23(2)12-16(13-24(3,4)30-23)33-21-8-6-18(27-28-21)22-19(32)11-15(14-26-22)17-5-7-20-25-9-10-31(20)29-17;;/h5-11,14,16,30,32H,12-13H2,1-4H3;2*1H. The van der Waals surface area contributed by atoms with Gasteiger partial charge in [-0.2, -0.15) is 5.10 Å². The summed E-state index contributed by atoms with van der Waals surface area (Å²) in [5.74, 6) is 0.469. The number of halogens is 2. The maximum Gasteiger partial charge on any atom is 0.233 e. The molecule has 2 N–H and O–H groups in total. The van der Waals surface area contributed by atoms with Crippen LogP contribution in [0.1, 0.15) is 40.5 Å². The number of piperidine rings is 1. The molecule has 9 nitrogen and oxygen atoms in total. The van der Waals surface area contributed by atoms with Crippen LogP contribution in [0, 0.1) is 0 Å². The fourth-order valence-corrected chi connectivity index (χ4v) is 4.75. The first kappa shape index (κ1) is 26.6. The van der Waals surface area contributed by atoms with Crippen molar-refractivity contribution in [1.82, 2.24) is 35.1 Å². The van der Waals surface area contributed by atoms with Crippen LogP contribution in [0.15, 0.2) is 48.9 Å². The van der Waals surface area contributed by atoms with Crippen molar-refractivity contribution in [2.45, 2.75) is 57.7 Å². The number of nitrogens with zero attached hydrogens (tertiary/aromatic N) is 6. The third-order valence-electron chi connectivity index (χ3n) is 5.74. The Labute approximate surface area is 216 Å². The maximum absolute atomic E-state index is 10.6. The number of pyridine rings is 1. The average Bonchev–Trinajstić information content (AvgIpc) is 3.20. The van der Waals surface area contributed by atoms with Gasteiger partial charge < -0.3 is 15.2 Å². The van der Waals surface area contributed by atoms with Crippen LogP contribution in [0.4, 0.5) is 0 Å². The molecule has 1 fully saturated rings. The molecule has 5 rings (SSSR count). The summed E-state index contributed by atoms with van der Waals surface area (Å²) in [6, 6.07) is 8.86. The summed E-state index contributed by atoms with van der Waals surface area (Å²) in [5, 5.41) is 27.2. The molecule has 0 amide bonds. The fourth-order valence-electron chi connectivity index (χ4n) is 4.75. The average molecular weight is 518 g/mol. The number of aromatic nitrogens is 6. The van der Waals surface area contributed by atoms with Crippen LogP contribution in [0.25, 0.3) is 28.3 Å². The molecule has 1 saturated heterocycles. The normalized spacial score (nSPS) is 16.8. The van der Waals surface area contributed by atoms with Gasteiger partial charge in [-0.05, 0) is 52.0 Å².